The molecule has 0 saturated carbocycles. The summed E-state index contributed by atoms with van der Waals surface area (Å²) in [4.78, 5) is 19.8. The molecule has 6 heteroatoms. The standard InChI is InChI=1S/C27H33N5O/c1-19-13-16-32(17-14-19)25-18-20(2)6-11-24(25)27(33)31-23-9-7-21(8-10-23)29-15-12-22-4-3-5-26(28)30-22/h3-11,18-19,29H,12-17H2,1-2H3,(H2,28,30)(H,31,33). The molecule has 0 bridgehead atoms. The number of benzene rings is 2. The number of rotatable bonds is 7. The van der Waals surface area contributed by atoms with Gasteiger partial charge in [0, 0.05) is 48.8 Å². The fourth-order valence-electron chi connectivity index (χ4n) is 4.19. The van der Waals surface area contributed by atoms with Crippen LogP contribution in [0.4, 0.5) is 22.9 Å². The number of hydrogen-bond donors (Lipinski definition) is 3. The number of nitrogen functional groups attached to an aromatic ring is 1. The quantitative estimate of drug-likeness (QED) is 0.472. The van der Waals surface area contributed by atoms with Crippen molar-refractivity contribution in [2.24, 2.45) is 5.92 Å². The highest BCUT2D eigenvalue weighted by molar-refractivity contribution is 6.08. The molecule has 0 radical (unpaired) electrons. The van der Waals surface area contributed by atoms with Gasteiger partial charge < -0.3 is 21.3 Å². The number of amides is 1. The van der Waals surface area contributed by atoms with Crippen molar-refractivity contribution in [2.75, 3.05) is 40.9 Å². The molecular formula is C27H33N5O. The van der Waals surface area contributed by atoms with Gasteiger partial charge in [0.05, 0.1) is 5.56 Å². The topological polar surface area (TPSA) is 83.3 Å². The maximum Gasteiger partial charge on any atom is 0.257 e. The van der Waals surface area contributed by atoms with Gasteiger partial charge in [0.25, 0.3) is 5.91 Å². The maximum absolute atomic E-state index is 13.1. The normalized spacial score (nSPS) is 14.2. The molecule has 1 amide bonds. The molecule has 4 N–H and O–H groups in total. The maximum atomic E-state index is 13.1. The van der Waals surface area contributed by atoms with Crippen molar-refractivity contribution in [1.82, 2.24) is 4.98 Å². The smallest absolute Gasteiger partial charge is 0.257 e. The lowest BCUT2D eigenvalue weighted by atomic mass is 9.97. The molecular weight excluding hydrogens is 410 g/mol. The highest BCUT2D eigenvalue weighted by Crippen LogP contribution is 2.28. The zero-order valence-corrected chi connectivity index (χ0v) is 19.5. The summed E-state index contributed by atoms with van der Waals surface area (Å²) in [5, 5.41) is 6.45. The lowest BCUT2D eigenvalue weighted by molar-refractivity contribution is 0.102. The van der Waals surface area contributed by atoms with Gasteiger partial charge in [0.2, 0.25) is 0 Å². The van der Waals surface area contributed by atoms with Gasteiger partial charge in [-0.1, -0.05) is 19.1 Å². The van der Waals surface area contributed by atoms with Gasteiger partial charge in [-0.3, -0.25) is 4.79 Å². The van der Waals surface area contributed by atoms with Crippen LogP contribution < -0.4 is 21.3 Å². The number of aromatic nitrogens is 1. The molecule has 0 aliphatic carbocycles. The average molecular weight is 444 g/mol. The Balaban J connectivity index is 1.37. The minimum atomic E-state index is -0.0722. The van der Waals surface area contributed by atoms with Gasteiger partial charge in [-0.25, -0.2) is 4.98 Å². The second-order valence-corrected chi connectivity index (χ2v) is 8.95. The molecule has 172 valence electrons. The number of nitrogens with one attached hydrogen (secondary N) is 2. The Kier molecular flexibility index (Phi) is 7.13. The molecule has 2 heterocycles. The van der Waals surface area contributed by atoms with Crippen molar-refractivity contribution in [3.05, 3.63) is 77.5 Å². The minimum Gasteiger partial charge on any atom is -0.385 e. The first-order valence-corrected chi connectivity index (χ1v) is 11.7. The SMILES string of the molecule is Cc1ccc(C(=O)Nc2ccc(NCCc3cccc(N)n3)cc2)c(N2CCC(C)CC2)c1. The van der Waals surface area contributed by atoms with E-state index in [0.717, 1.165) is 73.1 Å². The Morgan fingerprint density at radius 1 is 1.06 bits per heavy atom. The molecule has 33 heavy (non-hydrogen) atoms. The van der Waals surface area contributed by atoms with Crippen LogP contribution in [0.25, 0.3) is 0 Å². The molecule has 1 saturated heterocycles. The molecule has 3 aromatic rings. The number of carbonyl (C=O) groups is 1. The van der Waals surface area contributed by atoms with E-state index in [1.165, 1.54) is 5.56 Å². The van der Waals surface area contributed by atoms with Crippen LogP contribution in [-0.4, -0.2) is 30.5 Å². The molecule has 0 spiro atoms. The van der Waals surface area contributed by atoms with E-state index in [0.29, 0.717) is 5.82 Å². The number of anilines is 4. The van der Waals surface area contributed by atoms with Gasteiger partial charge in [-0.2, -0.15) is 0 Å². The van der Waals surface area contributed by atoms with Crippen LogP contribution in [0.2, 0.25) is 0 Å². The molecule has 1 aliphatic heterocycles. The number of aryl methyl sites for hydroxylation is 1. The van der Waals surface area contributed by atoms with Crippen LogP contribution in [0.3, 0.4) is 0 Å². The van der Waals surface area contributed by atoms with Gasteiger partial charge >= 0.3 is 0 Å². The number of hydrogen-bond acceptors (Lipinski definition) is 5. The highest BCUT2D eigenvalue weighted by Gasteiger charge is 2.21. The minimum absolute atomic E-state index is 0.0722. The molecule has 1 aromatic heterocycles. The van der Waals surface area contributed by atoms with E-state index in [4.69, 9.17) is 5.73 Å². The predicted molar refractivity (Wildman–Crippen MR) is 137 cm³/mol. The van der Waals surface area contributed by atoms with Gasteiger partial charge in [0.1, 0.15) is 5.82 Å². The molecule has 0 atom stereocenters. The summed E-state index contributed by atoms with van der Waals surface area (Å²) >= 11 is 0. The van der Waals surface area contributed by atoms with Crippen LogP contribution in [0, 0.1) is 12.8 Å². The predicted octanol–water partition coefficient (Wildman–Crippen LogP) is 5.12. The second kappa shape index (κ2) is 10.4. The van der Waals surface area contributed by atoms with Crippen molar-refractivity contribution >= 4 is 28.8 Å². The Labute approximate surface area is 196 Å². The Morgan fingerprint density at radius 2 is 1.79 bits per heavy atom. The van der Waals surface area contributed by atoms with E-state index in [1.54, 1.807) is 6.07 Å². The number of nitrogens with zero attached hydrogens (tertiary/aromatic N) is 2. The zero-order valence-electron chi connectivity index (χ0n) is 19.5. The van der Waals surface area contributed by atoms with Gasteiger partial charge in [-0.05, 0) is 79.8 Å². The van der Waals surface area contributed by atoms with Crippen molar-refractivity contribution in [1.29, 1.82) is 0 Å². The van der Waals surface area contributed by atoms with Crippen LogP contribution >= 0.6 is 0 Å². The van der Waals surface area contributed by atoms with Gasteiger partial charge in [-0.15, -0.1) is 0 Å². The summed E-state index contributed by atoms with van der Waals surface area (Å²) < 4.78 is 0. The molecule has 0 unspecified atom stereocenters. The Hall–Kier alpha value is -3.54. The zero-order chi connectivity index (χ0) is 23.2. The Morgan fingerprint density at radius 3 is 2.52 bits per heavy atom. The average Bonchev–Trinajstić information content (AvgIpc) is 2.81. The van der Waals surface area contributed by atoms with Crippen molar-refractivity contribution < 1.29 is 4.79 Å². The number of piperidine rings is 1. The summed E-state index contributed by atoms with van der Waals surface area (Å²) in [7, 11) is 0. The lowest BCUT2D eigenvalue weighted by Gasteiger charge is -2.33. The lowest BCUT2D eigenvalue weighted by Crippen LogP contribution is -2.34. The number of carbonyl (C=O) groups excluding carboxylic acids is 1. The first-order valence-electron chi connectivity index (χ1n) is 11.7. The summed E-state index contributed by atoms with van der Waals surface area (Å²) in [6, 6.07) is 19.6. The van der Waals surface area contributed by atoms with Crippen LogP contribution in [0.5, 0.6) is 0 Å². The van der Waals surface area contributed by atoms with E-state index in [1.807, 2.05) is 48.5 Å². The largest absolute Gasteiger partial charge is 0.385 e. The van der Waals surface area contributed by atoms with E-state index in [2.05, 4.69) is 40.4 Å². The number of pyridine rings is 1. The van der Waals surface area contributed by atoms with Crippen molar-refractivity contribution in [3.63, 3.8) is 0 Å². The van der Waals surface area contributed by atoms with Gasteiger partial charge in [0.15, 0.2) is 0 Å². The molecule has 6 nitrogen and oxygen atoms in total. The Bertz CT molecular complexity index is 1090. The third-order valence-electron chi connectivity index (χ3n) is 6.20. The third-order valence-corrected chi connectivity index (χ3v) is 6.20. The monoisotopic (exact) mass is 443 g/mol. The van der Waals surface area contributed by atoms with Crippen molar-refractivity contribution in [3.8, 4) is 0 Å². The third kappa shape index (κ3) is 6.04. The van der Waals surface area contributed by atoms with E-state index >= 15 is 0 Å². The summed E-state index contributed by atoms with van der Waals surface area (Å²) in [5.74, 6) is 1.22. The number of nitrogens with two attached hydrogens (primary N) is 1. The molecule has 4 rings (SSSR count). The summed E-state index contributed by atoms with van der Waals surface area (Å²) in [5.41, 5.74) is 11.4. The van der Waals surface area contributed by atoms with E-state index < -0.39 is 0 Å². The van der Waals surface area contributed by atoms with E-state index in [-0.39, 0.29) is 5.91 Å². The van der Waals surface area contributed by atoms with E-state index in [9.17, 15) is 4.79 Å². The van der Waals surface area contributed by atoms with Crippen LogP contribution in [0.15, 0.2) is 60.7 Å². The highest BCUT2D eigenvalue weighted by atomic mass is 16.1. The molecule has 2 aromatic carbocycles. The summed E-state index contributed by atoms with van der Waals surface area (Å²) in [6.07, 6.45) is 3.11. The fourth-order valence-corrected chi connectivity index (χ4v) is 4.19. The van der Waals surface area contributed by atoms with Crippen LogP contribution in [-0.2, 0) is 6.42 Å². The fraction of sp³-hybridized carbons (Fsp3) is 0.333. The first kappa shape index (κ1) is 22.6. The molecule has 1 fully saturated rings. The van der Waals surface area contributed by atoms with Crippen molar-refractivity contribution in [2.45, 2.75) is 33.1 Å². The first-order chi connectivity index (χ1) is 16.0. The second-order valence-electron chi connectivity index (χ2n) is 8.95. The summed E-state index contributed by atoms with van der Waals surface area (Å²) in [6.45, 7) is 7.12. The van der Waals surface area contributed by atoms with Crippen LogP contribution in [0.1, 0.15) is 41.4 Å². The molecule has 1 aliphatic rings.